The predicted molar refractivity (Wildman–Crippen MR) is 114 cm³/mol. The number of ether oxygens (including phenoxy) is 2. The average molecular weight is 391 g/mol. The van der Waals surface area contributed by atoms with Crippen molar-refractivity contribution >= 4 is 17.3 Å². The second-order valence-electron chi connectivity index (χ2n) is 6.78. The van der Waals surface area contributed by atoms with Crippen molar-refractivity contribution in [1.29, 1.82) is 0 Å². The Morgan fingerprint density at radius 3 is 2.31 bits per heavy atom. The van der Waals surface area contributed by atoms with E-state index < -0.39 is 0 Å². The predicted octanol–water partition coefficient (Wildman–Crippen LogP) is 4.55. The molecule has 1 aromatic heterocycles. The molecular formula is C23H25N3O3. The van der Waals surface area contributed by atoms with E-state index in [1.807, 2.05) is 68.4 Å². The fourth-order valence-electron chi connectivity index (χ4n) is 2.70. The molecule has 0 fully saturated rings. The topological polar surface area (TPSA) is 72.5 Å². The normalized spacial score (nSPS) is 10.5. The highest BCUT2D eigenvalue weighted by Gasteiger charge is 2.08. The van der Waals surface area contributed by atoms with Gasteiger partial charge in [-0.25, -0.2) is 0 Å². The number of aromatic nitrogens is 1. The molecule has 150 valence electrons. The summed E-state index contributed by atoms with van der Waals surface area (Å²) >= 11 is 0. The fraction of sp³-hybridized carbons (Fsp3) is 0.217. The number of hydrogen-bond acceptors (Lipinski definition) is 5. The molecule has 0 aliphatic rings. The van der Waals surface area contributed by atoms with Gasteiger partial charge in [0.2, 0.25) is 0 Å². The van der Waals surface area contributed by atoms with Crippen LogP contribution >= 0.6 is 0 Å². The second kappa shape index (κ2) is 9.59. The van der Waals surface area contributed by atoms with Crippen LogP contribution in [-0.2, 0) is 6.54 Å². The third-order valence-electron chi connectivity index (χ3n) is 4.12. The number of amides is 1. The minimum absolute atomic E-state index is 0.132. The molecule has 0 unspecified atom stereocenters. The lowest BCUT2D eigenvalue weighted by Gasteiger charge is -2.11. The monoisotopic (exact) mass is 391 g/mol. The summed E-state index contributed by atoms with van der Waals surface area (Å²) in [4.78, 5) is 16.6. The van der Waals surface area contributed by atoms with Gasteiger partial charge in [-0.2, -0.15) is 0 Å². The maximum absolute atomic E-state index is 12.5. The van der Waals surface area contributed by atoms with Gasteiger partial charge in [0.05, 0.1) is 13.2 Å². The summed E-state index contributed by atoms with van der Waals surface area (Å²) in [5, 5.41) is 6.16. The molecule has 3 aromatic rings. The number of hydrogen-bond donors (Lipinski definition) is 2. The number of nitrogens with zero attached hydrogens (tertiary/aromatic N) is 1. The Morgan fingerprint density at radius 1 is 0.966 bits per heavy atom. The summed E-state index contributed by atoms with van der Waals surface area (Å²) in [6, 6.07) is 18.8. The molecule has 0 aliphatic carbocycles. The molecule has 0 bridgehead atoms. The fourth-order valence-corrected chi connectivity index (χ4v) is 2.70. The Morgan fingerprint density at radius 2 is 1.66 bits per heavy atom. The zero-order valence-electron chi connectivity index (χ0n) is 16.8. The van der Waals surface area contributed by atoms with Crippen molar-refractivity contribution in [2.24, 2.45) is 0 Å². The van der Waals surface area contributed by atoms with Crippen LogP contribution in [0.2, 0.25) is 0 Å². The summed E-state index contributed by atoms with van der Waals surface area (Å²) in [7, 11) is 1.62. The molecule has 0 saturated heterocycles. The van der Waals surface area contributed by atoms with Gasteiger partial charge in [-0.3, -0.25) is 9.78 Å². The van der Waals surface area contributed by atoms with E-state index in [9.17, 15) is 4.79 Å². The number of rotatable bonds is 8. The number of pyridine rings is 1. The molecule has 1 heterocycles. The molecular weight excluding hydrogens is 366 g/mol. The first-order chi connectivity index (χ1) is 14.0. The van der Waals surface area contributed by atoms with Crippen LogP contribution in [0, 0.1) is 0 Å². The van der Waals surface area contributed by atoms with E-state index in [1.54, 1.807) is 19.4 Å². The smallest absolute Gasteiger partial charge is 0.270 e. The van der Waals surface area contributed by atoms with Crippen LogP contribution in [-0.4, -0.2) is 24.1 Å². The van der Waals surface area contributed by atoms with E-state index in [-0.39, 0.29) is 12.0 Å². The molecule has 3 rings (SSSR count). The Balaban J connectivity index is 1.60. The number of benzene rings is 2. The zero-order valence-corrected chi connectivity index (χ0v) is 16.8. The van der Waals surface area contributed by atoms with Crippen molar-refractivity contribution in [3.05, 3.63) is 78.1 Å². The average Bonchev–Trinajstić information content (AvgIpc) is 2.73. The lowest BCUT2D eigenvalue weighted by Crippen LogP contribution is -2.23. The molecule has 2 N–H and O–H groups in total. The van der Waals surface area contributed by atoms with E-state index in [4.69, 9.17) is 9.47 Å². The van der Waals surface area contributed by atoms with Crippen LogP contribution < -0.4 is 20.1 Å². The Labute approximate surface area is 170 Å². The Bertz CT molecular complexity index is 938. The number of carbonyl (C=O) groups is 1. The Hall–Kier alpha value is -3.54. The molecule has 6 heteroatoms. The molecule has 2 aromatic carbocycles. The van der Waals surface area contributed by atoms with Crippen LogP contribution in [0.1, 0.15) is 29.9 Å². The van der Waals surface area contributed by atoms with E-state index in [1.165, 1.54) is 0 Å². The molecule has 0 aliphatic heterocycles. The minimum atomic E-state index is -0.231. The van der Waals surface area contributed by atoms with Gasteiger partial charge >= 0.3 is 0 Å². The highest BCUT2D eigenvalue weighted by Crippen LogP contribution is 2.21. The highest BCUT2D eigenvalue weighted by molar-refractivity contribution is 5.93. The molecule has 0 radical (unpaired) electrons. The number of carbonyl (C=O) groups excluding carboxylic acids is 1. The van der Waals surface area contributed by atoms with Gasteiger partial charge in [-0.05, 0) is 67.9 Å². The van der Waals surface area contributed by atoms with Gasteiger partial charge in [0, 0.05) is 24.1 Å². The van der Waals surface area contributed by atoms with Crippen molar-refractivity contribution in [3.63, 3.8) is 0 Å². The SMILES string of the molecule is COc1ccc(CNC(=O)c2cc(Nc3ccc(OC(C)C)cc3)ccn2)cc1. The van der Waals surface area contributed by atoms with Crippen LogP contribution in [0.4, 0.5) is 11.4 Å². The summed E-state index contributed by atoms with van der Waals surface area (Å²) in [5.41, 5.74) is 3.02. The van der Waals surface area contributed by atoms with E-state index in [0.29, 0.717) is 12.2 Å². The largest absolute Gasteiger partial charge is 0.497 e. The van der Waals surface area contributed by atoms with Crippen LogP contribution in [0.25, 0.3) is 0 Å². The van der Waals surface area contributed by atoms with Gasteiger partial charge < -0.3 is 20.1 Å². The third-order valence-corrected chi connectivity index (χ3v) is 4.12. The first kappa shape index (κ1) is 20.2. The number of anilines is 2. The van der Waals surface area contributed by atoms with Gasteiger partial charge in [-0.15, -0.1) is 0 Å². The molecule has 29 heavy (non-hydrogen) atoms. The Kier molecular flexibility index (Phi) is 6.68. The van der Waals surface area contributed by atoms with Crippen molar-refractivity contribution in [2.75, 3.05) is 12.4 Å². The lowest BCUT2D eigenvalue weighted by atomic mass is 10.2. The second-order valence-corrected chi connectivity index (χ2v) is 6.78. The minimum Gasteiger partial charge on any atom is -0.497 e. The molecule has 1 amide bonds. The maximum atomic E-state index is 12.5. The number of methoxy groups -OCH3 is 1. The van der Waals surface area contributed by atoms with Gasteiger partial charge in [-0.1, -0.05) is 12.1 Å². The summed E-state index contributed by atoms with van der Waals surface area (Å²) < 4.78 is 10.8. The van der Waals surface area contributed by atoms with Crippen molar-refractivity contribution in [3.8, 4) is 11.5 Å². The summed E-state index contributed by atoms with van der Waals surface area (Å²) in [6.45, 7) is 4.40. The maximum Gasteiger partial charge on any atom is 0.270 e. The van der Waals surface area contributed by atoms with Crippen LogP contribution in [0.15, 0.2) is 66.9 Å². The first-order valence-electron chi connectivity index (χ1n) is 9.44. The van der Waals surface area contributed by atoms with Crippen molar-refractivity contribution in [1.82, 2.24) is 10.3 Å². The number of nitrogens with one attached hydrogen (secondary N) is 2. The van der Waals surface area contributed by atoms with E-state index in [0.717, 1.165) is 28.4 Å². The van der Waals surface area contributed by atoms with Gasteiger partial charge in [0.25, 0.3) is 5.91 Å². The van der Waals surface area contributed by atoms with Crippen molar-refractivity contribution < 1.29 is 14.3 Å². The molecule has 0 spiro atoms. The molecule has 6 nitrogen and oxygen atoms in total. The van der Waals surface area contributed by atoms with Gasteiger partial charge in [0.15, 0.2) is 0 Å². The third kappa shape index (κ3) is 5.97. The van der Waals surface area contributed by atoms with Gasteiger partial charge in [0.1, 0.15) is 17.2 Å². The molecule has 0 atom stereocenters. The van der Waals surface area contributed by atoms with Crippen LogP contribution in [0.5, 0.6) is 11.5 Å². The quantitative estimate of drug-likeness (QED) is 0.589. The summed E-state index contributed by atoms with van der Waals surface area (Å²) in [6.07, 6.45) is 1.74. The summed E-state index contributed by atoms with van der Waals surface area (Å²) in [5.74, 6) is 1.37. The molecule has 0 saturated carbocycles. The lowest BCUT2D eigenvalue weighted by molar-refractivity contribution is 0.0946. The first-order valence-corrected chi connectivity index (χ1v) is 9.44. The van der Waals surface area contributed by atoms with Crippen LogP contribution in [0.3, 0.4) is 0 Å². The highest BCUT2D eigenvalue weighted by atomic mass is 16.5. The standard InChI is InChI=1S/C23H25N3O3/c1-16(2)29-21-10-6-18(7-11-21)26-19-12-13-24-22(14-19)23(27)25-15-17-4-8-20(28-3)9-5-17/h4-14,16H,15H2,1-3H3,(H,24,26)(H,25,27). The van der Waals surface area contributed by atoms with Crippen molar-refractivity contribution in [2.45, 2.75) is 26.5 Å². The van der Waals surface area contributed by atoms with E-state index in [2.05, 4.69) is 15.6 Å². The van der Waals surface area contributed by atoms with E-state index >= 15 is 0 Å². The zero-order chi connectivity index (χ0) is 20.6.